The minimum absolute atomic E-state index is 0.00486. The highest BCUT2D eigenvalue weighted by molar-refractivity contribution is 5.55. The van der Waals surface area contributed by atoms with Crippen LogP contribution < -0.4 is 14.8 Å². The lowest BCUT2D eigenvalue weighted by atomic mass is 10.1. The van der Waals surface area contributed by atoms with E-state index in [0.717, 1.165) is 18.5 Å². The van der Waals surface area contributed by atoms with Gasteiger partial charge >= 0.3 is 0 Å². The first-order chi connectivity index (χ1) is 9.74. The summed E-state index contributed by atoms with van der Waals surface area (Å²) < 4.78 is 10.8. The average molecular weight is 281 g/mol. The predicted octanol–water partition coefficient (Wildman–Crippen LogP) is 3.45. The predicted molar refractivity (Wildman–Crippen MR) is 82.8 cm³/mol. The summed E-state index contributed by atoms with van der Waals surface area (Å²) in [5, 5.41) is 12.4. The zero-order chi connectivity index (χ0) is 14.8. The summed E-state index contributed by atoms with van der Waals surface area (Å²) in [4.78, 5) is 0. The van der Waals surface area contributed by atoms with Crippen LogP contribution in [0.25, 0.3) is 0 Å². The summed E-state index contributed by atoms with van der Waals surface area (Å²) in [6.07, 6.45) is 4.66. The SMILES string of the molecule is CCCC(CCC)Nc1ccc(OC)c(OCCO)c1. The van der Waals surface area contributed by atoms with E-state index in [1.165, 1.54) is 12.8 Å². The average Bonchev–Trinajstić information content (AvgIpc) is 2.46. The van der Waals surface area contributed by atoms with Gasteiger partial charge in [-0.2, -0.15) is 0 Å². The van der Waals surface area contributed by atoms with Crippen molar-refractivity contribution in [2.24, 2.45) is 0 Å². The highest BCUT2D eigenvalue weighted by Gasteiger charge is 2.10. The number of hydrogen-bond donors (Lipinski definition) is 2. The molecule has 0 fully saturated rings. The van der Waals surface area contributed by atoms with Crippen LogP contribution in [0.5, 0.6) is 11.5 Å². The maximum absolute atomic E-state index is 8.86. The van der Waals surface area contributed by atoms with E-state index in [2.05, 4.69) is 19.2 Å². The molecule has 0 unspecified atom stereocenters. The Hall–Kier alpha value is -1.42. The summed E-state index contributed by atoms with van der Waals surface area (Å²) in [5.41, 5.74) is 1.03. The molecule has 0 atom stereocenters. The van der Waals surface area contributed by atoms with E-state index in [4.69, 9.17) is 14.6 Å². The lowest BCUT2D eigenvalue weighted by Gasteiger charge is -2.20. The van der Waals surface area contributed by atoms with E-state index in [-0.39, 0.29) is 13.2 Å². The van der Waals surface area contributed by atoms with Gasteiger partial charge in [0.2, 0.25) is 0 Å². The number of ether oxygens (including phenoxy) is 2. The van der Waals surface area contributed by atoms with Crippen LogP contribution in [-0.2, 0) is 0 Å². The van der Waals surface area contributed by atoms with Gasteiger partial charge in [-0.3, -0.25) is 0 Å². The minimum Gasteiger partial charge on any atom is -0.493 e. The van der Waals surface area contributed by atoms with Crippen LogP contribution in [0.4, 0.5) is 5.69 Å². The second-order valence-corrected chi connectivity index (χ2v) is 4.86. The molecule has 0 aromatic heterocycles. The molecule has 2 N–H and O–H groups in total. The van der Waals surface area contributed by atoms with Crippen molar-refractivity contribution in [2.45, 2.75) is 45.6 Å². The fraction of sp³-hybridized carbons (Fsp3) is 0.625. The number of aliphatic hydroxyl groups is 1. The summed E-state index contributed by atoms with van der Waals surface area (Å²) in [6.45, 7) is 4.67. The van der Waals surface area contributed by atoms with E-state index in [1.54, 1.807) is 7.11 Å². The van der Waals surface area contributed by atoms with Crippen molar-refractivity contribution in [1.82, 2.24) is 0 Å². The molecule has 0 amide bonds. The van der Waals surface area contributed by atoms with Crippen molar-refractivity contribution in [3.8, 4) is 11.5 Å². The topological polar surface area (TPSA) is 50.7 Å². The molecule has 0 spiro atoms. The second-order valence-electron chi connectivity index (χ2n) is 4.86. The number of rotatable bonds is 10. The van der Waals surface area contributed by atoms with Crippen LogP contribution in [0.15, 0.2) is 18.2 Å². The lowest BCUT2D eigenvalue weighted by Crippen LogP contribution is -2.18. The standard InChI is InChI=1S/C16H27NO3/c1-4-6-13(7-5-2)17-14-8-9-15(19-3)16(12-14)20-11-10-18/h8-9,12-13,17-18H,4-7,10-11H2,1-3H3. The van der Waals surface area contributed by atoms with Gasteiger partial charge in [-0.15, -0.1) is 0 Å². The van der Waals surface area contributed by atoms with Gasteiger partial charge < -0.3 is 19.9 Å². The first-order valence-corrected chi connectivity index (χ1v) is 7.43. The van der Waals surface area contributed by atoms with E-state index in [1.807, 2.05) is 18.2 Å². The van der Waals surface area contributed by atoms with Gasteiger partial charge in [0.15, 0.2) is 11.5 Å². The molecule has 0 aliphatic carbocycles. The lowest BCUT2D eigenvalue weighted by molar-refractivity contribution is 0.196. The Bertz CT molecular complexity index is 376. The van der Waals surface area contributed by atoms with Crippen molar-refractivity contribution in [3.63, 3.8) is 0 Å². The molecule has 0 heterocycles. The van der Waals surface area contributed by atoms with Gasteiger partial charge in [0.25, 0.3) is 0 Å². The molecular weight excluding hydrogens is 254 g/mol. The molecule has 1 aromatic rings. The van der Waals surface area contributed by atoms with Gasteiger partial charge in [-0.05, 0) is 25.0 Å². The molecule has 114 valence electrons. The Balaban J connectivity index is 2.78. The zero-order valence-corrected chi connectivity index (χ0v) is 12.8. The molecule has 4 heteroatoms. The highest BCUT2D eigenvalue weighted by Crippen LogP contribution is 2.30. The van der Waals surface area contributed by atoms with E-state index >= 15 is 0 Å². The number of hydrogen-bond acceptors (Lipinski definition) is 4. The van der Waals surface area contributed by atoms with E-state index in [0.29, 0.717) is 17.5 Å². The maximum Gasteiger partial charge on any atom is 0.163 e. The largest absolute Gasteiger partial charge is 0.493 e. The molecule has 0 aliphatic heterocycles. The fourth-order valence-electron chi connectivity index (χ4n) is 2.26. The number of nitrogens with one attached hydrogen (secondary N) is 1. The third kappa shape index (κ3) is 5.29. The van der Waals surface area contributed by atoms with Crippen LogP contribution >= 0.6 is 0 Å². The summed E-state index contributed by atoms with van der Waals surface area (Å²) in [5.74, 6) is 1.35. The summed E-state index contributed by atoms with van der Waals surface area (Å²) >= 11 is 0. The molecule has 1 aromatic carbocycles. The van der Waals surface area contributed by atoms with Gasteiger partial charge in [0, 0.05) is 17.8 Å². The molecule has 0 aliphatic rings. The molecule has 0 saturated heterocycles. The third-order valence-electron chi connectivity index (χ3n) is 3.16. The Morgan fingerprint density at radius 3 is 2.40 bits per heavy atom. The van der Waals surface area contributed by atoms with Crippen molar-refractivity contribution < 1.29 is 14.6 Å². The Labute approximate surface area is 122 Å². The second kappa shape index (κ2) is 9.48. The van der Waals surface area contributed by atoms with Crippen LogP contribution in [0.1, 0.15) is 39.5 Å². The highest BCUT2D eigenvalue weighted by atomic mass is 16.5. The van der Waals surface area contributed by atoms with Crippen molar-refractivity contribution in [1.29, 1.82) is 0 Å². The Morgan fingerprint density at radius 2 is 1.85 bits per heavy atom. The third-order valence-corrected chi connectivity index (χ3v) is 3.16. The van der Waals surface area contributed by atoms with Crippen molar-refractivity contribution >= 4 is 5.69 Å². The van der Waals surface area contributed by atoms with E-state index < -0.39 is 0 Å². The first kappa shape index (κ1) is 16.6. The van der Waals surface area contributed by atoms with Crippen molar-refractivity contribution in [3.05, 3.63) is 18.2 Å². The number of anilines is 1. The normalized spacial score (nSPS) is 10.7. The molecule has 0 radical (unpaired) electrons. The number of methoxy groups -OCH3 is 1. The smallest absolute Gasteiger partial charge is 0.163 e. The van der Waals surface area contributed by atoms with Crippen LogP contribution in [0.2, 0.25) is 0 Å². The zero-order valence-electron chi connectivity index (χ0n) is 12.8. The van der Waals surface area contributed by atoms with Gasteiger partial charge in [-0.1, -0.05) is 26.7 Å². The fourth-order valence-corrected chi connectivity index (χ4v) is 2.26. The Kier molecular flexibility index (Phi) is 7.88. The van der Waals surface area contributed by atoms with Crippen molar-refractivity contribution in [2.75, 3.05) is 25.6 Å². The van der Waals surface area contributed by atoms with Crippen LogP contribution in [-0.4, -0.2) is 31.5 Å². The maximum atomic E-state index is 8.86. The number of aliphatic hydroxyl groups excluding tert-OH is 1. The van der Waals surface area contributed by atoms with Gasteiger partial charge in [0.05, 0.1) is 13.7 Å². The molecule has 4 nitrogen and oxygen atoms in total. The summed E-state index contributed by atoms with van der Waals surface area (Å²) in [6, 6.07) is 6.32. The molecule has 20 heavy (non-hydrogen) atoms. The minimum atomic E-state index is -0.00486. The van der Waals surface area contributed by atoms with Crippen LogP contribution in [0, 0.1) is 0 Å². The molecule has 0 saturated carbocycles. The molecule has 0 bridgehead atoms. The number of benzene rings is 1. The van der Waals surface area contributed by atoms with E-state index in [9.17, 15) is 0 Å². The quantitative estimate of drug-likeness (QED) is 0.689. The van der Waals surface area contributed by atoms with Gasteiger partial charge in [-0.25, -0.2) is 0 Å². The van der Waals surface area contributed by atoms with Gasteiger partial charge in [0.1, 0.15) is 6.61 Å². The summed E-state index contributed by atoms with van der Waals surface area (Å²) in [7, 11) is 1.62. The monoisotopic (exact) mass is 281 g/mol. The molecular formula is C16H27NO3. The first-order valence-electron chi connectivity index (χ1n) is 7.43. The van der Waals surface area contributed by atoms with Crippen LogP contribution in [0.3, 0.4) is 0 Å². The molecule has 1 rings (SSSR count). The Morgan fingerprint density at radius 1 is 1.15 bits per heavy atom.